The number of hydrogen-bond acceptors (Lipinski definition) is 0. The molecule has 6 heavy (non-hydrogen) atoms. The van der Waals surface area contributed by atoms with Gasteiger partial charge in [0, 0.05) is 0 Å². The summed E-state index contributed by atoms with van der Waals surface area (Å²) in [6.07, 6.45) is 0. The minimum absolute atomic E-state index is 0. The topological polar surface area (TPSA) is 0 Å². The molecule has 0 N–H and O–H groups in total. The van der Waals surface area contributed by atoms with Gasteiger partial charge in [0.1, 0.15) is 0 Å². The molecule has 0 aromatic rings. The van der Waals surface area contributed by atoms with E-state index >= 15 is 0 Å². The first-order valence-electron chi connectivity index (χ1n) is 0.697. The van der Waals surface area contributed by atoms with Crippen molar-refractivity contribution in [2.45, 2.75) is 0 Å². The summed E-state index contributed by atoms with van der Waals surface area (Å²) in [6.45, 7) is 3.36. The van der Waals surface area contributed by atoms with Crippen LogP contribution in [0.1, 0.15) is 0 Å². The molecule has 0 atom stereocenters. The van der Waals surface area contributed by atoms with Crippen LogP contribution in [0.15, 0.2) is 11.0 Å². The Morgan fingerprint density at radius 2 is 1.17 bits per heavy atom. The molecule has 0 saturated carbocycles. The van der Waals surface area contributed by atoms with Crippen molar-refractivity contribution in [1.29, 1.82) is 0 Å². The van der Waals surface area contributed by atoms with Crippen LogP contribution in [0, 0.1) is 0 Å². The predicted octanol–water partition coefficient (Wildman–Crippen LogP) is -8.31. The maximum atomic E-state index is 3.36. The van der Waals surface area contributed by atoms with Crippen LogP contribution >= 0.6 is 0 Å². The summed E-state index contributed by atoms with van der Waals surface area (Å²) in [5.74, 6) is 0. The zero-order chi connectivity index (χ0) is 2.71. The largest absolute Gasteiger partial charge is 1.00 e. The molecule has 0 fully saturated rings. The molecule has 0 radical (unpaired) electrons. The fourth-order valence-corrected chi connectivity index (χ4v) is 0. The molecule has 0 aliphatic heterocycles. The van der Waals surface area contributed by atoms with Gasteiger partial charge in [-0.3, -0.25) is 0 Å². The van der Waals surface area contributed by atoms with Crippen LogP contribution in [0.2, 0.25) is 0 Å². The molecule has 0 nitrogen and oxygen atoms in total. The van der Waals surface area contributed by atoms with Gasteiger partial charge in [0.2, 0.25) is 0 Å². The van der Waals surface area contributed by atoms with Gasteiger partial charge in [-0.05, 0) is 0 Å². The van der Waals surface area contributed by atoms with Gasteiger partial charge in [-0.1, -0.05) is 0 Å². The molecule has 0 saturated heterocycles. The van der Waals surface area contributed by atoms with Crippen LogP contribution in [0.5, 0.6) is 0 Å². The van der Waals surface area contributed by atoms with Gasteiger partial charge in [-0.25, -0.2) is 0 Å². The maximum absolute atomic E-state index is 3.36. The molecule has 0 bridgehead atoms. The second kappa shape index (κ2) is 33.2. The molecular weight excluding hydrogens is 178 g/mol. The number of rotatable bonds is 0. The van der Waals surface area contributed by atoms with E-state index in [4.69, 9.17) is 0 Å². The second-order valence-corrected chi connectivity index (χ2v) is 0.842. The Bertz CT molecular complexity index is 16.3. The Balaban J connectivity index is -0.00000000667. The summed E-state index contributed by atoms with van der Waals surface area (Å²) in [5, 5.41) is 0. The maximum Gasteiger partial charge on any atom is -1.00 e. The monoisotopic (exact) mass is 180 g/mol. The molecule has 0 heterocycles. The van der Waals surface area contributed by atoms with Gasteiger partial charge in [-0.2, -0.15) is 0 Å². The van der Waals surface area contributed by atoms with Crippen molar-refractivity contribution in [3.63, 3.8) is 0 Å². The van der Waals surface area contributed by atoms with Crippen molar-refractivity contribution in [2.24, 2.45) is 0 Å². The van der Waals surface area contributed by atoms with E-state index in [0.717, 1.165) is 0 Å². The first-order chi connectivity index (χ1) is 1.41. The zero-order valence-corrected chi connectivity index (χ0v) is 6.75. The summed E-state index contributed by atoms with van der Waals surface area (Å²) in [5.41, 5.74) is 0. The normalized spacial score (nSPS) is 2.33. The van der Waals surface area contributed by atoms with E-state index in [9.17, 15) is 0 Å². The Morgan fingerprint density at radius 3 is 1.17 bits per heavy atom. The van der Waals surface area contributed by atoms with Gasteiger partial charge >= 0.3 is 31.4 Å². The van der Waals surface area contributed by atoms with Gasteiger partial charge in [-0.15, -0.1) is 0 Å². The first-order valence-corrected chi connectivity index (χ1v) is 1.60. The zero-order valence-electron chi connectivity index (χ0n) is 2.92. The van der Waals surface area contributed by atoms with E-state index in [1.807, 2.05) is 20.4 Å². The first kappa shape index (κ1) is 26.5. The van der Waals surface area contributed by atoms with Crippen molar-refractivity contribution < 1.29 is 57.7 Å². The van der Waals surface area contributed by atoms with Crippen LogP contribution in [0.3, 0.4) is 0 Å². The van der Waals surface area contributed by atoms with Crippen molar-refractivity contribution in [3.05, 3.63) is 11.0 Å². The average molecular weight is 181 g/mol. The number of halogens is 3. The van der Waals surface area contributed by atoms with E-state index < -0.39 is 0 Å². The Hall–Kier alpha value is 1.32. The molecule has 0 aromatic heterocycles. The van der Waals surface area contributed by atoms with Gasteiger partial charge < -0.3 is 37.2 Å². The van der Waals surface area contributed by atoms with Crippen LogP contribution in [-0.2, 0) is 20.4 Å². The Morgan fingerprint density at radius 1 is 1.17 bits per heavy atom. The minimum atomic E-state index is 0. The van der Waals surface area contributed by atoms with Gasteiger partial charge in [0.15, 0.2) is 0 Å². The standard InChI is InChI=1S/C2H3.3ClH.Ti/c1-2;;;;/h1H,2H2;3*1H;/q;;;;+3/p-3. The Kier molecular flexibility index (Phi) is 147. The molecular formula is C2H3Cl3Ti. The van der Waals surface area contributed by atoms with Crippen molar-refractivity contribution in [1.82, 2.24) is 0 Å². The van der Waals surface area contributed by atoms with E-state index in [1.54, 1.807) is 4.38 Å². The Labute approximate surface area is 68.4 Å². The van der Waals surface area contributed by atoms with E-state index in [1.165, 1.54) is 0 Å². The molecule has 0 unspecified atom stereocenters. The summed E-state index contributed by atoms with van der Waals surface area (Å²) in [7, 11) is 0. The average Bonchev–Trinajstić information content (AvgIpc) is 0.918. The van der Waals surface area contributed by atoms with Crippen LogP contribution < -0.4 is 37.2 Å². The predicted molar refractivity (Wildman–Crippen MR) is 10.2 cm³/mol. The molecule has 0 spiro atoms. The minimum Gasteiger partial charge on any atom is -1.00 e. The molecule has 0 rings (SSSR count). The summed E-state index contributed by atoms with van der Waals surface area (Å²) >= 11 is 1.89. The quantitative estimate of drug-likeness (QED) is 0.326. The second-order valence-electron chi connectivity index (χ2n) is 0.204. The molecule has 0 aliphatic carbocycles. The summed E-state index contributed by atoms with van der Waals surface area (Å²) < 4.78 is 1.75. The third-order valence-electron chi connectivity index (χ3n) is 0. The molecule has 4 heteroatoms. The molecule has 0 amide bonds. The molecule has 0 aromatic carbocycles. The van der Waals surface area contributed by atoms with E-state index in [2.05, 4.69) is 6.58 Å². The third kappa shape index (κ3) is 56.8. The van der Waals surface area contributed by atoms with E-state index in [0.29, 0.717) is 0 Å². The number of hydrogen-bond donors (Lipinski definition) is 0. The van der Waals surface area contributed by atoms with E-state index in [-0.39, 0.29) is 37.2 Å². The fraction of sp³-hybridized carbons (Fsp3) is 0. The molecule has 36 valence electrons. The van der Waals surface area contributed by atoms with Crippen molar-refractivity contribution >= 4 is 0 Å². The van der Waals surface area contributed by atoms with Gasteiger partial charge in [0.25, 0.3) is 0 Å². The fourth-order valence-electron chi connectivity index (χ4n) is 0. The van der Waals surface area contributed by atoms with Crippen LogP contribution in [-0.4, -0.2) is 0 Å². The summed E-state index contributed by atoms with van der Waals surface area (Å²) in [4.78, 5) is 0. The van der Waals surface area contributed by atoms with Crippen LogP contribution in [0.4, 0.5) is 0 Å². The van der Waals surface area contributed by atoms with Crippen molar-refractivity contribution in [2.75, 3.05) is 0 Å². The smallest absolute Gasteiger partial charge is 1.00 e. The summed E-state index contributed by atoms with van der Waals surface area (Å²) in [6, 6.07) is 0. The SMILES string of the molecule is C=[CH][Ti+3].[Cl-].[Cl-].[Cl-]. The van der Waals surface area contributed by atoms with Crippen molar-refractivity contribution in [3.8, 4) is 0 Å². The van der Waals surface area contributed by atoms with Gasteiger partial charge in [0.05, 0.1) is 0 Å². The molecule has 0 aliphatic rings. The van der Waals surface area contributed by atoms with Crippen LogP contribution in [0.25, 0.3) is 0 Å². The third-order valence-corrected chi connectivity index (χ3v) is 0.